The van der Waals surface area contributed by atoms with Gasteiger partial charge >= 0.3 is 6.09 Å². The zero-order valence-corrected chi connectivity index (χ0v) is 22.7. The Morgan fingerprint density at radius 2 is 2.00 bits per heavy atom. The molecule has 41 heavy (non-hydrogen) atoms. The number of methoxy groups -OCH3 is 1. The van der Waals surface area contributed by atoms with Crippen LogP contribution in [-0.2, 0) is 16.5 Å². The molecule has 3 heterocycles. The van der Waals surface area contributed by atoms with E-state index in [1.165, 1.54) is 18.0 Å². The lowest BCUT2D eigenvalue weighted by Gasteiger charge is -2.19. The molecule has 2 aromatic carbocycles. The normalized spacial score (nSPS) is 15.3. The van der Waals surface area contributed by atoms with Crippen LogP contribution < -0.4 is 16.0 Å². The zero-order chi connectivity index (χ0) is 28.9. The molecule has 216 valence electrons. The fourth-order valence-electron chi connectivity index (χ4n) is 4.81. The Labute approximate surface area is 234 Å². The van der Waals surface area contributed by atoms with Gasteiger partial charge in [-0.05, 0) is 31.0 Å². The van der Waals surface area contributed by atoms with Crippen molar-refractivity contribution in [1.82, 2.24) is 24.8 Å². The molecule has 0 spiro atoms. The summed E-state index contributed by atoms with van der Waals surface area (Å²) in [5.74, 6) is -2.38. The van der Waals surface area contributed by atoms with E-state index in [0.29, 0.717) is 36.8 Å². The van der Waals surface area contributed by atoms with Gasteiger partial charge in [0.15, 0.2) is 5.82 Å². The third-order valence-corrected chi connectivity index (χ3v) is 6.93. The number of ether oxygens (including phenoxy) is 2. The van der Waals surface area contributed by atoms with Gasteiger partial charge in [-0.15, -0.1) is 0 Å². The number of rotatable bonds is 6. The Hall–Kier alpha value is -4.52. The van der Waals surface area contributed by atoms with E-state index in [2.05, 4.69) is 30.9 Å². The predicted octanol–water partition coefficient (Wildman–Crippen LogP) is 4.89. The number of benzene rings is 2. The summed E-state index contributed by atoms with van der Waals surface area (Å²) in [6.07, 6.45) is 5.37. The highest BCUT2D eigenvalue weighted by atomic mass is 19.1. The summed E-state index contributed by atoms with van der Waals surface area (Å²) in [6, 6.07) is 5.88. The second-order valence-corrected chi connectivity index (χ2v) is 9.77. The van der Waals surface area contributed by atoms with Crippen molar-refractivity contribution in [3.8, 4) is 11.3 Å². The first-order chi connectivity index (χ1) is 19.9. The maximum absolute atomic E-state index is 15.2. The van der Waals surface area contributed by atoms with Crippen LogP contribution in [0.25, 0.3) is 22.3 Å². The van der Waals surface area contributed by atoms with Crippen LogP contribution in [0.2, 0.25) is 0 Å². The molecule has 0 saturated carbocycles. The molecule has 11 nitrogen and oxygen atoms in total. The Balaban J connectivity index is 1.39. The molecule has 2 bridgehead atoms. The van der Waals surface area contributed by atoms with E-state index in [1.54, 1.807) is 25.4 Å². The summed E-state index contributed by atoms with van der Waals surface area (Å²) in [5.41, 5.74) is 2.29. The van der Waals surface area contributed by atoms with E-state index < -0.39 is 35.2 Å². The minimum atomic E-state index is -1.00. The second-order valence-electron chi connectivity index (χ2n) is 9.77. The van der Waals surface area contributed by atoms with Gasteiger partial charge in [0.1, 0.15) is 29.3 Å². The molecule has 5 rings (SSSR count). The molecular weight excluding hydrogens is 536 g/mol. The minimum absolute atomic E-state index is 0.0702. The second kappa shape index (κ2) is 12.3. The fraction of sp³-hybridized carbons (Fsp3) is 0.357. The predicted molar refractivity (Wildman–Crippen MR) is 149 cm³/mol. The van der Waals surface area contributed by atoms with Crippen LogP contribution in [0.4, 0.5) is 25.0 Å². The van der Waals surface area contributed by atoms with Crippen molar-refractivity contribution in [2.75, 3.05) is 37.5 Å². The van der Waals surface area contributed by atoms with Gasteiger partial charge in [0.05, 0.1) is 36.4 Å². The van der Waals surface area contributed by atoms with Crippen molar-refractivity contribution in [1.29, 1.82) is 0 Å². The van der Waals surface area contributed by atoms with Gasteiger partial charge in [-0.25, -0.2) is 23.5 Å². The molecule has 1 unspecified atom stereocenters. The molecule has 4 N–H and O–H groups in total. The Kier molecular flexibility index (Phi) is 8.43. The Morgan fingerprint density at radius 1 is 1.15 bits per heavy atom. The van der Waals surface area contributed by atoms with Crippen molar-refractivity contribution >= 4 is 34.4 Å². The Morgan fingerprint density at radius 3 is 2.83 bits per heavy atom. The average Bonchev–Trinajstić information content (AvgIpc) is 3.57. The summed E-state index contributed by atoms with van der Waals surface area (Å²) in [4.78, 5) is 37.0. The SMILES string of the molecule is COCCOC(=O)Nc1ccc2c(c1)NCCCCCC(NC(=O)c1c(F)cc3c(ncn3C)c1F)c1ncc-2[nH]1. The van der Waals surface area contributed by atoms with Crippen molar-refractivity contribution in [3.63, 3.8) is 0 Å². The summed E-state index contributed by atoms with van der Waals surface area (Å²) >= 11 is 0. The quantitative estimate of drug-likeness (QED) is 0.244. The van der Waals surface area contributed by atoms with E-state index in [9.17, 15) is 14.0 Å². The van der Waals surface area contributed by atoms with Gasteiger partial charge in [0.25, 0.3) is 5.91 Å². The molecular formula is C28H31F2N7O4. The molecule has 0 saturated heterocycles. The number of anilines is 2. The molecule has 0 aliphatic carbocycles. The van der Waals surface area contributed by atoms with Crippen LogP contribution in [0.3, 0.4) is 0 Å². The zero-order valence-electron chi connectivity index (χ0n) is 22.7. The third-order valence-electron chi connectivity index (χ3n) is 6.93. The molecule has 13 heteroatoms. The number of aromatic nitrogens is 4. The Bertz CT molecular complexity index is 1570. The monoisotopic (exact) mass is 567 g/mol. The van der Waals surface area contributed by atoms with E-state index in [0.717, 1.165) is 36.6 Å². The maximum Gasteiger partial charge on any atom is 0.411 e. The van der Waals surface area contributed by atoms with Gasteiger partial charge in [-0.1, -0.05) is 12.8 Å². The van der Waals surface area contributed by atoms with Crippen LogP contribution >= 0.6 is 0 Å². The van der Waals surface area contributed by atoms with E-state index in [1.807, 2.05) is 6.07 Å². The lowest BCUT2D eigenvalue weighted by molar-refractivity contribution is 0.0923. The standard InChI is InChI=1S/C28H31F2N7O4/c1-37-15-33-25-22(37)13-18(29)23(24(25)30)27(38)36-19-6-4-3-5-9-31-20-12-16(34-28(39)41-11-10-40-2)7-8-17(20)21-14-32-26(19)35-21/h7-8,12-15,19,31H,3-6,9-11H2,1-2H3,(H,32,35)(H,34,39)(H,36,38). The topological polar surface area (TPSA) is 135 Å². The molecule has 4 aromatic rings. The van der Waals surface area contributed by atoms with E-state index in [-0.39, 0.29) is 17.6 Å². The summed E-state index contributed by atoms with van der Waals surface area (Å²) in [7, 11) is 3.15. The smallest absolute Gasteiger partial charge is 0.411 e. The first-order valence-electron chi connectivity index (χ1n) is 13.3. The van der Waals surface area contributed by atoms with Crippen LogP contribution in [0.5, 0.6) is 0 Å². The minimum Gasteiger partial charge on any atom is -0.447 e. The number of imidazole rings is 2. The largest absolute Gasteiger partial charge is 0.447 e. The van der Waals surface area contributed by atoms with Crippen LogP contribution in [0.1, 0.15) is 47.9 Å². The van der Waals surface area contributed by atoms with Gasteiger partial charge < -0.3 is 29.7 Å². The first-order valence-corrected chi connectivity index (χ1v) is 13.3. The number of amides is 2. The third kappa shape index (κ3) is 6.14. The van der Waals surface area contributed by atoms with Gasteiger partial charge in [0, 0.05) is 43.7 Å². The highest BCUT2D eigenvalue weighted by Crippen LogP contribution is 2.32. The molecule has 1 atom stereocenters. The maximum atomic E-state index is 15.2. The number of carbonyl (C=O) groups excluding carboxylic acids is 2. The molecule has 0 radical (unpaired) electrons. The number of aryl methyl sites for hydroxylation is 1. The summed E-state index contributed by atoms with van der Waals surface area (Å²) in [6.45, 7) is 1.11. The van der Waals surface area contributed by atoms with Gasteiger partial charge in [-0.3, -0.25) is 10.1 Å². The molecule has 2 amide bonds. The van der Waals surface area contributed by atoms with Crippen molar-refractivity contribution in [2.45, 2.75) is 31.7 Å². The number of hydrogen-bond donors (Lipinski definition) is 4. The number of carbonyl (C=O) groups is 2. The molecule has 1 aliphatic heterocycles. The fourth-order valence-corrected chi connectivity index (χ4v) is 4.81. The number of fused-ring (bicyclic) bond motifs is 5. The van der Waals surface area contributed by atoms with E-state index >= 15 is 4.39 Å². The lowest BCUT2D eigenvalue weighted by Crippen LogP contribution is -2.31. The number of nitrogens with zero attached hydrogens (tertiary/aromatic N) is 3. The van der Waals surface area contributed by atoms with E-state index in [4.69, 9.17) is 9.47 Å². The van der Waals surface area contributed by atoms with Crippen LogP contribution in [-0.4, -0.2) is 58.4 Å². The van der Waals surface area contributed by atoms with Gasteiger partial charge in [-0.2, -0.15) is 0 Å². The number of hydrogen-bond acceptors (Lipinski definition) is 7. The van der Waals surface area contributed by atoms with Crippen molar-refractivity contribution < 1.29 is 27.8 Å². The first kappa shape index (κ1) is 28.0. The van der Waals surface area contributed by atoms with Crippen molar-refractivity contribution in [3.05, 3.63) is 59.8 Å². The van der Waals surface area contributed by atoms with Crippen molar-refractivity contribution in [2.24, 2.45) is 7.05 Å². The van der Waals surface area contributed by atoms with Gasteiger partial charge in [0.2, 0.25) is 0 Å². The van der Waals surface area contributed by atoms with Crippen LogP contribution in [0.15, 0.2) is 36.8 Å². The highest BCUT2D eigenvalue weighted by molar-refractivity contribution is 5.98. The summed E-state index contributed by atoms with van der Waals surface area (Å²) < 4.78 is 41.5. The van der Waals surface area contributed by atoms with Crippen LogP contribution in [0, 0.1) is 11.6 Å². The molecule has 2 aromatic heterocycles. The summed E-state index contributed by atoms with van der Waals surface area (Å²) in [5, 5.41) is 8.90. The average molecular weight is 568 g/mol. The number of nitrogens with one attached hydrogen (secondary N) is 4. The number of halogens is 2. The number of aromatic amines is 1. The molecule has 0 fully saturated rings. The lowest BCUT2D eigenvalue weighted by atomic mass is 10.0. The molecule has 1 aliphatic rings. The highest BCUT2D eigenvalue weighted by Gasteiger charge is 2.26. The number of H-pyrrole nitrogens is 1.